The first-order valence-corrected chi connectivity index (χ1v) is 12.2. The van der Waals surface area contributed by atoms with E-state index in [0.717, 1.165) is 54.7 Å². The number of imidazole rings is 1. The molecule has 6 nitrogen and oxygen atoms in total. The molecule has 0 aliphatic heterocycles. The number of para-hydroxylation sites is 2. The summed E-state index contributed by atoms with van der Waals surface area (Å²) in [6.07, 6.45) is 11.9. The Morgan fingerprint density at radius 3 is 2.43 bits per heavy atom. The first-order valence-electron chi connectivity index (χ1n) is 11.4. The van der Waals surface area contributed by atoms with Crippen LogP contribution in [0.5, 0.6) is 0 Å². The summed E-state index contributed by atoms with van der Waals surface area (Å²) in [5.74, 6) is 0.0405. The van der Waals surface area contributed by atoms with E-state index in [-0.39, 0.29) is 30.7 Å². The standard InChI is InChI=1S/C23H32N4O2S/c28-21(24-17-9-3-1-4-10-17)15-16-22(29)27(18-11-5-2-6-12-18)30-23-25-19-13-7-8-14-20(19)26-23/h7-8,13-14,17-18H,1-6,9-12,15-16H2,(H,24,28)(H,25,26). The van der Waals surface area contributed by atoms with E-state index in [2.05, 4.69) is 15.3 Å². The molecule has 0 spiro atoms. The van der Waals surface area contributed by atoms with Crippen LogP contribution in [0.4, 0.5) is 0 Å². The molecule has 2 saturated carbocycles. The molecular formula is C23H32N4O2S. The average molecular weight is 429 g/mol. The van der Waals surface area contributed by atoms with Crippen molar-refractivity contribution < 1.29 is 9.59 Å². The van der Waals surface area contributed by atoms with E-state index in [4.69, 9.17) is 0 Å². The third kappa shape index (κ3) is 5.56. The Bertz CT molecular complexity index is 823. The van der Waals surface area contributed by atoms with Gasteiger partial charge in [0.25, 0.3) is 0 Å². The van der Waals surface area contributed by atoms with E-state index in [0.29, 0.717) is 6.04 Å². The summed E-state index contributed by atoms with van der Waals surface area (Å²) >= 11 is 1.40. The number of hydrogen-bond donors (Lipinski definition) is 2. The molecule has 0 bridgehead atoms. The number of rotatable bonds is 7. The van der Waals surface area contributed by atoms with Crippen molar-refractivity contribution in [3.8, 4) is 0 Å². The first kappa shape index (κ1) is 21.2. The molecule has 2 N–H and O–H groups in total. The first-order chi connectivity index (χ1) is 14.7. The number of benzene rings is 1. The molecule has 1 aromatic heterocycles. The van der Waals surface area contributed by atoms with Crippen molar-refractivity contribution >= 4 is 34.8 Å². The highest BCUT2D eigenvalue weighted by atomic mass is 32.2. The number of hydrogen-bond acceptors (Lipinski definition) is 4. The molecule has 0 saturated heterocycles. The van der Waals surface area contributed by atoms with Crippen LogP contribution in [0.2, 0.25) is 0 Å². The third-order valence-electron chi connectivity index (χ3n) is 6.24. The van der Waals surface area contributed by atoms with Gasteiger partial charge in [0.2, 0.25) is 11.8 Å². The maximum atomic E-state index is 13.1. The smallest absolute Gasteiger partial charge is 0.233 e. The summed E-state index contributed by atoms with van der Waals surface area (Å²) in [6.45, 7) is 0. The zero-order valence-corrected chi connectivity index (χ0v) is 18.4. The van der Waals surface area contributed by atoms with Crippen molar-refractivity contribution in [1.82, 2.24) is 19.6 Å². The minimum atomic E-state index is 0.00702. The number of nitrogens with zero attached hydrogens (tertiary/aromatic N) is 2. The summed E-state index contributed by atoms with van der Waals surface area (Å²) in [7, 11) is 0. The van der Waals surface area contributed by atoms with Crippen molar-refractivity contribution in [2.75, 3.05) is 0 Å². The summed E-state index contributed by atoms with van der Waals surface area (Å²) < 4.78 is 1.89. The quantitative estimate of drug-likeness (QED) is 0.611. The molecule has 2 fully saturated rings. The molecule has 4 rings (SSSR count). The SMILES string of the molecule is O=C(CCC(=O)N(Sc1nc2ccccc2[nH]1)C1CCCCC1)NC1CCCCC1. The summed E-state index contributed by atoms with van der Waals surface area (Å²) in [5.41, 5.74) is 1.88. The van der Waals surface area contributed by atoms with Gasteiger partial charge >= 0.3 is 0 Å². The van der Waals surface area contributed by atoms with Crippen LogP contribution in [0, 0.1) is 0 Å². The number of amides is 2. The maximum Gasteiger partial charge on any atom is 0.233 e. The minimum absolute atomic E-state index is 0.00702. The van der Waals surface area contributed by atoms with Gasteiger partial charge in [0.05, 0.1) is 11.0 Å². The molecule has 2 aromatic rings. The van der Waals surface area contributed by atoms with Crippen LogP contribution in [0.25, 0.3) is 11.0 Å². The van der Waals surface area contributed by atoms with Gasteiger partial charge in [-0.15, -0.1) is 0 Å². The summed E-state index contributed by atoms with van der Waals surface area (Å²) in [5, 5.41) is 3.86. The minimum Gasteiger partial charge on any atom is -0.353 e. The lowest BCUT2D eigenvalue weighted by atomic mass is 9.95. The molecule has 1 heterocycles. The van der Waals surface area contributed by atoms with Crippen molar-refractivity contribution in [2.45, 2.75) is 94.3 Å². The number of carbonyl (C=O) groups excluding carboxylic acids is 2. The average Bonchev–Trinajstić information content (AvgIpc) is 3.20. The van der Waals surface area contributed by atoms with E-state index >= 15 is 0 Å². The number of carbonyl (C=O) groups is 2. The van der Waals surface area contributed by atoms with Crippen LogP contribution in [-0.4, -0.2) is 38.2 Å². The highest BCUT2D eigenvalue weighted by molar-refractivity contribution is 7.97. The fourth-order valence-corrected chi connectivity index (χ4v) is 5.62. The van der Waals surface area contributed by atoms with Gasteiger partial charge in [0.1, 0.15) is 0 Å². The second-order valence-electron chi connectivity index (χ2n) is 8.56. The van der Waals surface area contributed by atoms with E-state index < -0.39 is 0 Å². The Morgan fingerprint density at radius 2 is 1.70 bits per heavy atom. The van der Waals surface area contributed by atoms with Gasteiger partial charge in [-0.25, -0.2) is 4.98 Å². The second-order valence-corrected chi connectivity index (χ2v) is 9.53. The highest BCUT2D eigenvalue weighted by Gasteiger charge is 2.28. The zero-order valence-electron chi connectivity index (χ0n) is 17.6. The largest absolute Gasteiger partial charge is 0.353 e. The van der Waals surface area contributed by atoms with Gasteiger partial charge < -0.3 is 10.3 Å². The van der Waals surface area contributed by atoms with E-state index in [9.17, 15) is 9.59 Å². The van der Waals surface area contributed by atoms with Gasteiger partial charge in [-0.05, 0) is 37.8 Å². The lowest BCUT2D eigenvalue weighted by Crippen LogP contribution is -2.39. The van der Waals surface area contributed by atoms with Crippen LogP contribution in [0.15, 0.2) is 29.4 Å². The van der Waals surface area contributed by atoms with Crippen LogP contribution >= 0.6 is 11.9 Å². The van der Waals surface area contributed by atoms with E-state index in [1.807, 2.05) is 28.6 Å². The number of aromatic nitrogens is 2. The molecule has 0 radical (unpaired) electrons. The number of fused-ring (bicyclic) bond motifs is 1. The van der Waals surface area contributed by atoms with Gasteiger partial charge in [-0.2, -0.15) is 0 Å². The highest BCUT2D eigenvalue weighted by Crippen LogP contribution is 2.32. The van der Waals surface area contributed by atoms with Crippen molar-refractivity contribution in [3.05, 3.63) is 24.3 Å². The van der Waals surface area contributed by atoms with Crippen molar-refractivity contribution in [3.63, 3.8) is 0 Å². The Morgan fingerprint density at radius 1 is 1.00 bits per heavy atom. The van der Waals surface area contributed by atoms with Crippen LogP contribution < -0.4 is 5.32 Å². The molecule has 1 aromatic carbocycles. The monoisotopic (exact) mass is 428 g/mol. The van der Waals surface area contributed by atoms with E-state index in [1.54, 1.807) is 0 Å². The van der Waals surface area contributed by atoms with E-state index in [1.165, 1.54) is 37.6 Å². The fourth-order valence-electron chi connectivity index (χ4n) is 4.59. The van der Waals surface area contributed by atoms with Crippen LogP contribution in [-0.2, 0) is 9.59 Å². The lowest BCUT2D eigenvalue weighted by molar-refractivity contribution is -0.131. The molecule has 2 amide bonds. The Labute approximate surface area is 182 Å². The summed E-state index contributed by atoms with van der Waals surface area (Å²) in [6, 6.07) is 8.41. The number of nitrogens with one attached hydrogen (secondary N) is 2. The fraction of sp³-hybridized carbons (Fsp3) is 0.609. The van der Waals surface area contributed by atoms with Gasteiger partial charge in [-0.3, -0.25) is 13.9 Å². The Kier molecular flexibility index (Phi) is 7.31. The molecular weight excluding hydrogens is 396 g/mol. The normalized spacial score (nSPS) is 18.4. The van der Waals surface area contributed by atoms with Crippen molar-refractivity contribution in [1.29, 1.82) is 0 Å². The Balaban J connectivity index is 1.38. The lowest BCUT2D eigenvalue weighted by Gasteiger charge is -2.32. The molecule has 162 valence electrons. The van der Waals surface area contributed by atoms with Gasteiger partial charge in [-0.1, -0.05) is 50.7 Å². The van der Waals surface area contributed by atoms with Gasteiger partial charge in [0.15, 0.2) is 5.16 Å². The van der Waals surface area contributed by atoms with Crippen LogP contribution in [0.1, 0.15) is 77.0 Å². The predicted octanol–water partition coefficient (Wildman–Crippen LogP) is 4.96. The Hall–Kier alpha value is -2.02. The second kappa shape index (κ2) is 10.3. The van der Waals surface area contributed by atoms with Crippen molar-refractivity contribution in [2.24, 2.45) is 0 Å². The van der Waals surface area contributed by atoms with Gasteiger partial charge in [0, 0.05) is 36.9 Å². The topological polar surface area (TPSA) is 78.1 Å². The molecule has 7 heteroatoms. The maximum absolute atomic E-state index is 13.1. The molecule has 2 aliphatic rings. The van der Waals surface area contributed by atoms with Crippen LogP contribution in [0.3, 0.4) is 0 Å². The molecule has 30 heavy (non-hydrogen) atoms. The predicted molar refractivity (Wildman–Crippen MR) is 120 cm³/mol. The molecule has 0 atom stereocenters. The summed E-state index contributed by atoms with van der Waals surface area (Å²) in [4.78, 5) is 33.5. The number of H-pyrrole nitrogens is 1. The third-order valence-corrected chi connectivity index (χ3v) is 7.31. The number of aromatic amines is 1. The zero-order chi connectivity index (χ0) is 20.8. The molecule has 0 unspecified atom stereocenters. The molecule has 2 aliphatic carbocycles.